The number of para-hydroxylation sites is 2. The highest BCUT2D eigenvalue weighted by Gasteiger charge is 2.22. The van der Waals surface area contributed by atoms with Gasteiger partial charge >= 0.3 is 0 Å². The van der Waals surface area contributed by atoms with E-state index in [9.17, 15) is 0 Å². The van der Waals surface area contributed by atoms with E-state index >= 15 is 0 Å². The maximum atomic E-state index is 6.74. The highest BCUT2D eigenvalue weighted by molar-refractivity contribution is 6.25. The molecule has 0 fully saturated rings. The molecule has 0 aliphatic carbocycles. The maximum Gasteiger partial charge on any atom is 0.143 e. The summed E-state index contributed by atoms with van der Waals surface area (Å²) in [5.74, 6) is 0. The van der Waals surface area contributed by atoms with Crippen LogP contribution in [-0.4, -0.2) is 0 Å². The van der Waals surface area contributed by atoms with E-state index in [4.69, 9.17) is 8.83 Å². The average molecular weight is 763 g/mol. The van der Waals surface area contributed by atoms with E-state index in [-0.39, 0.29) is 0 Å². The number of hydrogen-bond acceptors (Lipinski definition) is 2. The molecule has 0 bridgehead atoms. The van der Waals surface area contributed by atoms with Crippen molar-refractivity contribution in [2.75, 3.05) is 0 Å². The van der Waals surface area contributed by atoms with Crippen molar-refractivity contribution in [2.24, 2.45) is 0 Å². The van der Waals surface area contributed by atoms with E-state index < -0.39 is 0 Å². The van der Waals surface area contributed by atoms with Crippen LogP contribution in [0.5, 0.6) is 0 Å². The highest BCUT2D eigenvalue weighted by Crippen LogP contribution is 2.48. The minimum absolute atomic E-state index is 0.873. The van der Waals surface area contributed by atoms with E-state index in [0.29, 0.717) is 0 Å². The van der Waals surface area contributed by atoms with Gasteiger partial charge in [0.2, 0.25) is 0 Å². The molecule has 2 nitrogen and oxygen atoms in total. The number of fused-ring (bicyclic) bond motifs is 10. The molecule has 13 aromatic rings. The second kappa shape index (κ2) is 12.8. The zero-order chi connectivity index (χ0) is 39.3. The summed E-state index contributed by atoms with van der Waals surface area (Å²) in [7, 11) is 0. The molecule has 60 heavy (non-hydrogen) atoms. The fraction of sp³-hybridized carbons (Fsp3) is 0. The van der Waals surface area contributed by atoms with Gasteiger partial charge < -0.3 is 8.83 Å². The minimum atomic E-state index is 0.873. The van der Waals surface area contributed by atoms with Crippen molar-refractivity contribution in [3.63, 3.8) is 0 Å². The molecule has 0 unspecified atom stereocenters. The van der Waals surface area contributed by atoms with E-state index in [1.165, 1.54) is 76.5 Å². The third-order valence-electron chi connectivity index (χ3n) is 12.6. The molecule has 0 spiro atoms. The Balaban J connectivity index is 1.01. The summed E-state index contributed by atoms with van der Waals surface area (Å²) in [5, 5.41) is 14.2. The molecule has 278 valence electrons. The predicted molar refractivity (Wildman–Crippen MR) is 253 cm³/mol. The molecule has 2 aromatic heterocycles. The number of benzene rings is 11. The van der Waals surface area contributed by atoms with Crippen LogP contribution in [0.1, 0.15) is 0 Å². The monoisotopic (exact) mass is 762 g/mol. The van der Waals surface area contributed by atoms with Crippen molar-refractivity contribution in [1.29, 1.82) is 0 Å². The molecular weight excluding hydrogens is 729 g/mol. The Morgan fingerprint density at radius 2 is 0.650 bits per heavy atom. The van der Waals surface area contributed by atoms with Gasteiger partial charge in [-0.25, -0.2) is 0 Å². The lowest BCUT2D eigenvalue weighted by Gasteiger charge is -2.18. The van der Waals surface area contributed by atoms with E-state index in [1.807, 2.05) is 6.07 Å². The third kappa shape index (κ3) is 4.76. The fourth-order valence-corrected chi connectivity index (χ4v) is 10.1. The van der Waals surface area contributed by atoms with E-state index in [2.05, 4.69) is 200 Å². The van der Waals surface area contributed by atoms with Crippen LogP contribution in [0.25, 0.3) is 131 Å². The molecular formula is C58H34O2. The molecule has 0 saturated carbocycles. The lowest BCUT2D eigenvalue weighted by molar-refractivity contribution is 0.669. The van der Waals surface area contributed by atoms with Gasteiger partial charge in [0, 0.05) is 32.7 Å². The van der Waals surface area contributed by atoms with Gasteiger partial charge in [-0.05, 0) is 107 Å². The van der Waals surface area contributed by atoms with Crippen LogP contribution in [0.3, 0.4) is 0 Å². The first kappa shape index (κ1) is 33.1. The van der Waals surface area contributed by atoms with Gasteiger partial charge in [-0.1, -0.05) is 176 Å². The van der Waals surface area contributed by atoms with Gasteiger partial charge in [0.25, 0.3) is 0 Å². The molecule has 13 rings (SSSR count). The molecule has 0 radical (unpaired) electrons. The third-order valence-corrected chi connectivity index (χ3v) is 12.6. The maximum absolute atomic E-state index is 6.74. The van der Waals surface area contributed by atoms with Gasteiger partial charge in [0.05, 0.1) is 0 Å². The summed E-state index contributed by atoms with van der Waals surface area (Å²) in [5.41, 5.74) is 13.1. The Bertz CT molecular complexity index is 3770. The quantitative estimate of drug-likeness (QED) is 0.167. The van der Waals surface area contributed by atoms with Gasteiger partial charge in [-0.15, -0.1) is 0 Å². The molecule has 0 amide bonds. The Morgan fingerprint density at radius 1 is 0.217 bits per heavy atom. The second-order valence-corrected chi connectivity index (χ2v) is 15.9. The number of hydrogen-bond donors (Lipinski definition) is 0. The molecule has 0 saturated heterocycles. The van der Waals surface area contributed by atoms with Gasteiger partial charge in [-0.3, -0.25) is 0 Å². The molecule has 2 heterocycles. The van der Waals surface area contributed by atoms with Crippen molar-refractivity contribution < 1.29 is 8.83 Å². The van der Waals surface area contributed by atoms with Crippen LogP contribution < -0.4 is 0 Å². The largest absolute Gasteiger partial charge is 0.456 e. The van der Waals surface area contributed by atoms with Crippen molar-refractivity contribution in [3.8, 4) is 44.5 Å². The first-order valence-corrected chi connectivity index (χ1v) is 20.6. The van der Waals surface area contributed by atoms with Gasteiger partial charge in [0.15, 0.2) is 0 Å². The molecule has 0 N–H and O–H groups in total. The smallest absolute Gasteiger partial charge is 0.143 e. The van der Waals surface area contributed by atoms with Crippen LogP contribution in [0.4, 0.5) is 0 Å². The summed E-state index contributed by atoms with van der Waals surface area (Å²) in [6, 6.07) is 74.4. The van der Waals surface area contributed by atoms with Crippen molar-refractivity contribution >= 4 is 87.0 Å². The Hall–Kier alpha value is -7.94. The number of furan rings is 2. The van der Waals surface area contributed by atoms with Crippen LogP contribution in [-0.2, 0) is 0 Å². The molecule has 2 heteroatoms. The van der Waals surface area contributed by atoms with E-state index in [0.717, 1.165) is 55.0 Å². The lowest BCUT2D eigenvalue weighted by atomic mass is 9.85. The van der Waals surface area contributed by atoms with Crippen molar-refractivity contribution in [1.82, 2.24) is 0 Å². The average Bonchev–Trinajstić information content (AvgIpc) is 3.88. The van der Waals surface area contributed by atoms with Gasteiger partial charge in [-0.2, -0.15) is 0 Å². The van der Waals surface area contributed by atoms with Crippen LogP contribution >= 0.6 is 0 Å². The zero-order valence-electron chi connectivity index (χ0n) is 32.4. The fourth-order valence-electron chi connectivity index (χ4n) is 10.1. The number of rotatable bonds is 4. The molecule has 11 aromatic carbocycles. The molecule has 0 aliphatic rings. The Morgan fingerprint density at radius 3 is 1.25 bits per heavy atom. The summed E-state index contributed by atoms with van der Waals surface area (Å²) in [6.45, 7) is 0. The first-order valence-electron chi connectivity index (χ1n) is 20.6. The Kier molecular flexibility index (Phi) is 7.05. The summed E-state index contributed by atoms with van der Waals surface area (Å²) < 4.78 is 13.4. The summed E-state index contributed by atoms with van der Waals surface area (Å²) in [4.78, 5) is 0. The first-order chi connectivity index (χ1) is 29.8. The normalized spacial score (nSPS) is 12.0. The molecule has 0 atom stereocenters. The van der Waals surface area contributed by atoms with Gasteiger partial charge in [0.1, 0.15) is 22.3 Å². The zero-order valence-corrected chi connectivity index (χ0v) is 32.4. The Labute approximate surface area is 345 Å². The van der Waals surface area contributed by atoms with Crippen LogP contribution in [0.2, 0.25) is 0 Å². The van der Waals surface area contributed by atoms with E-state index in [1.54, 1.807) is 0 Å². The predicted octanol–water partition coefficient (Wildman–Crippen LogP) is 16.8. The highest BCUT2D eigenvalue weighted by atomic mass is 16.3. The topological polar surface area (TPSA) is 26.3 Å². The minimum Gasteiger partial charge on any atom is -0.456 e. The standard InChI is InChI=1S/C58H34O2/c1-2-15-35(16-3-1)54-40-18-4-6-20-42(40)55(43-21-7-5-19-41(43)54)36-30-32-52-50(33-36)39-31-29-37(34-53(39)59-52)56-44-22-8-10-24-46(44)57(47-25-11-9-23-45(47)56)49-27-14-26-48-38-17-12-13-28-51(38)60-58(48)49/h1-34H. The van der Waals surface area contributed by atoms with Crippen molar-refractivity contribution in [3.05, 3.63) is 206 Å². The molecule has 0 aliphatic heterocycles. The second-order valence-electron chi connectivity index (χ2n) is 15.9. The lowest BCUT2D eigenvalue weighted by Crippen LogP contribution is -1.91. The van der Waals surface area contributed by atoms with Crippen LogP contribution in [0.15, 0.2) is 215 Å². The van der Waals surface area contributed by atoms with Crippen LogP contribution in [0, 0.1) is 0 Å². The summed E-state index contributed by atoms with van der Waals surface area (Å²) in [6.07, 6.45) is 0. The summed E-state index contributed by atoms with van der Waals surface area (Å²) >= 11 is 0. The van der Waals surface area contributed by atoms with Crippen molar-refractivity contribution in [2.45, 2.75) is 0 Å². The SMILES string of the molecule is c1ccc(-c2c3ccccc3c(-c3ccc4oc5cc(-c6c7ccccc7c(-c7cccc8c7oc7ccccc78)c7ccccc67)ccc5c4c3)c3ccccc23)cc1.